The van der Waals surface area contributed by atoms with E-state index in [0.29, 0.717) is 15.9 Å². The molecule has 6 nitrogen and oxygen atoms in total. The first-order chi connectivity index (χ1) is 14.6. The topological polar surface area (TPSA) is 102 Å². The van der Waals surface area contributed by atoms with Crippen molar-refractivity contribution in [3.8, 4) is 0 Å². The van der Waals surface area contributed by atoms with Crippen LogP contribution >= 0.6 is 38.1 Å². The lowest BCUT2D eigenvalue weighted by molar-refractivity contribution is 0.608. The summed E-state index contributed by atoms with van der Waals surface area (Å²) in [4.78, 5) is -0.644. The molecule has 0 fully saturated rings. The number of benzene rings is 3. The van der Waals surface area contributed by atoms with E-state index in [1.54, 1.807) is 18.2 Å². The van der Waals surface area contributed by atoms with Gasteiger partial charge in [-0.1, -0.05) is 48.2 Å². The third kappa shape index (κ3) is 5.39. The van der Waals surface area contributed by atoms with Gasteiger partial charge < -0.3 is 0 Å². The molecule has 0 aromatic heterocycles. The molecule has 0 bridgehead atoms. The Labute approximate surface area is 204 Å². The zero-order valence-electron chi connectivity index (χ0n) is 15.6. The van der Waals surface area contributed by atoms with Gasteiger partial charge in [-0.3, -0.25) is 0 Å². The maximum atomic E-state index is 11.9. The molecular formula is C18H12Cl3O6PS4. The standard InChI is InChI=1S/C18H12Cl3O6PS4/c19-30(22,23)16-7-1-4-13(10-16)28(29,14-5-2-8-17(11-14)31(20,24)25)15-6-3-9-18(12-15)32(21,26)27/h1-12H. The number of halogens is 3. The number of hydrogen-bond donors (Lipinski definition) is 0. The van der Waals surface area contributed by atoms with E-state index in [0.717, 1.165) is 0 Å². The largest absolute Gasteiger partial charge is 0.261 e. The van der Waals surface area contributed by atoms with Gasteiger partial charge in [-0.25, -0.2) is 25.3 Å². The van der Waals surface area contributed by atoms with Gasteiger partial charge >= 0.3 is 0 Å². The molecule has 3 aromatic rings. The van der Waals surface area contributed by atoms with Crippen molar-refractivity contribution in [1.29, 1.82) is 0 Å². The maximum absolute atomic E-state index is 11.9. The molecule has 3 aromatic carbocycles. The molecule has 3 rings (SSSR count). The van der Waals surface area contributed by atoms with Crippen molar-refractivity contribution in [3.63, 3.8) is 0 Å². The second-order valence-corrected chi connectivity index (χ2v) is 18.5. The molecule has 0 spiro atoms. The highest BCUT2D eigenvalue weighted by Crippen LogP contribution is 2.44. The number of rotatable bonds is 6. The molecule has 0 aliphatic rings. The second-order valence-electron chi connectivity index (χ2n) is 6.41. The monoisotopic (exact) mass is 588 g/mol. The fourth-order valence-corrected chi connectivity index (χ4v) is 9.36. The van der Waals surface area contributed by atoms with E-state index in [1.807, 2.05) is 0 Å². The second kappa shape index (κ2) is 9.00. The summed E-state index contributed by atoms with van der Waals surface area (Å²) < 4.78 is 71.4. The van der Waals surface area contributed by atoms with Crippen LogP contribution in [0, 0.1) is 0 Å². The highest BCUT2D eigenvalue weighted by Gasteiger charge is 2.29. The fraction of sp³-hybridized carbons (Fsp3) is 0. The fourth-order valence-electron chi connectivity index (χ4n) is 2.94. The van der Waals surface area contributed by atoms with Crippen molar-refractivity contribution in [2.45, 2.75) is 14.7 Å². The first-order valence-corrected chi connectivity index (χ1v) is 18.1. The van der Waals surface area contributed by atoms with Crippen LogP contribution in [-0.4, -0.2) is 25.3 Å². The molecule has 32 heavy (non-hydrogen) atoms. The Morgan fingerprint density at radius 2 is 0.781 bits per heavy atom. The van der Waals surface area contributed by atoms with Crippen LogP contribution in [0.25, 0.3) is 0 Å². The summed E-state index contributed by atoms with van der Waals surface area (Å²) in [6.45, 7) is 0. The Morgan fingerprint density at radius 3 is 1.00 bits per heavy atom. The Hall–Kier alpha value is -0.970. The van der Waals surface area contributed by atoms with Gasteiger partial charge in [0.2, 0.25) is 0 Å². The van der Waals surface area contributed by atoms with Crippen LogP contribution in [-0.2, 0) is 39.0 Å². The van der Waals surface area contributed by atoms with Crippen LogP contribution in [0.15, 0.2) is 87.5 Å². The lowest BCUT2D eigenvalue weighted by Gasteiger charge is -2.25. The van der Waals surface area contributed by atoms with Crippen molar-refractivity contribution in [2.75, 3.05) is 0 Å². The molecule has 0 radical (unpaired) electrons. The third-order valence-corrected chi connectivity index (χ3v) is 13.4. The molecule has 0 heterocycles. The minimum atomic E-state index is -4.10. The van der Waals surface area contributed by atoms with Gasteiger partial charge in [-0.2, -0.15) is 0 Å². The molecule has 0 aliphatic carbocycles. The molecule has 0 amide bonds. The van der Waals surface area contributed by atoms with Gasteiger partial charge in [0, 0.05) is 38.1 Å². The Balaban J connectivity index is 2.43. The molecule has 170 valence electrons. The van der Waals surface area contributed by atoms with Gasteiger partial charge in [0.25, 0.3) is 27.2 Å². The van der Waals surface area contributed by atoms with Gasteiger partial charge in [-0.05, 0) is 52.3 Å². The van der Waals surface area contributed by atoms with E-state index < -0.39 is 33.2 Å². The zero-order valence-corrected chi connectivity index (χ0v) is 22.0. The maximum Gasteiger partial charge on any atom is 0.261 e. The van der Waals surface area contributed by atoms with Crippen LogP contribution in [0.2, 0.25) is 0 Å². The molecule has 0 atom stereocenters. The average molecular weight is 590 g/mol. The van der Waals surface area contributed by atoms with Crippen molar-refractivity contribution in [3.05, 3.63) is 72.8 Å². The summed E-state index contributed by atoms with van der Waals surface area (Å²) in [6.07, 6.45) is 0. The molecule has 0 saturated carbocycles. The predicted molar refractivity (Wildman–Crippen MR) is 132 cm³/mol. The summed E-state index contributed by atoms with van der Waals surface area (Å²) in [5.74, 6) is 0. The molecule has 0 N–H and O–H groups in total. The van der Waals surface area contributed by atoms with Gasteiger partial charge in [0.15, 0.2) is 0 Å². The Bertz CT molecular complexity index is 1400. The van der Waals surface area contributed by atoms with E-state index in [4.69, 9.17) is 43.9 Å². The van der Waals surface area contributed by atoms with Gasteiger partial charge in [0.1, 0.15) is 0 Å². The summed E-state index contributed by atoms with van der Waals surface area (Å²) in [5, 5.41) is 1.01. The summed E-state index contributed by atoms with van der Waals surface area (Å²) in [6, 6.07) is 13.5. The summed E-state index contributed by atoms with van der Waals surface area (Å²) >= 11 is 6.05. The average Bonchev–Trinajstić information content (AvgIpc) is 2.71. The SMILES string of the molecule is O=S(=O)(Cl)c1cccc(P(=S)(c2cccc(S(=O)(=O)Cl)c2)c2cccc(S(=O)(=O)Cl)c2)c1. The predicted octanol–water partition coefficient (Wildman–Crippen LogP) is 3.22. The molecular weight excluding hydrogens is 578 g/mol. The Kier molecular flexibility index (Phi) is 7.21. The highest BCUT2D eigenvalue weighted by molar-refractivity contribution is 8.25. The molecule has 0 unspecified atom stereocenters. The zero-order chi connectivity index (χ0) is 23.9. The van der Waals surface area contributed by atoms with Crippen LogP contribution < -0.4 is 15.9 Å². The minimum Gasteiger partial charge on any atom is -0.207 e. The van der Waals surface area contributed by atoms with E-state index in [1.165, 1.54) is 54.6 Å². The minimum absolute atomic E-state index is 0.215. The van der Waals surface area contributed by atoms with Gasteiger partial charge in [-0.15, -0.1) is 0 Å². The smallest absolute Gasteiger partial charge is 0.207 e. The summed E-state index contributed by atoms with van der Waals surface area (Å²) in [5.41, 5.74) is 0. The van der Waals surface area contributed by atoms with Crippen LogP contribution in [0.3, 0.4) is 0 Å². The first kappa shape index (κ1) is 25.6. The Morgan fingerprint density at radius 1 is 0.531 bits per heavy atom. The number of hydrogen-bond acceptors (Lipinski definition) is 7. The first-order valence-electron chi connectivity index (χ1n) is 8.39. The summed E-state index contributed by atoms with van der Waals surface area (Å²) in [7, 11) is 4.19. The van der Waals surface area contributed by atoms with Crippen molar-refractivity contribution >= 4 is 93.0 Å². The quantitative estimate of drug-likeness (QED) is 0.321. The van der Waals surface area contributed by atoms with E-state index in [-0.39, 0.29) is 14.7 Å². The van der Waals surface area contributed by atoms with Crippen LogP contribution in [0.1, 0.15) is 0 Å². The van der Waals surface area contributed by atoms with E-state index in [2.05, 4.69) is 0 Å². The van der Waals surface area contributed by atoms with E-state index in [9.17, 15) is 25.3 Å². The molecule has 0 aliphatic heterocycles. The normalized spacial score (nSPS) is 13.1. The highest BCUT2D eigenvalue weighted by atomic mass is 35.7. The van der Waals surface area contributed by atoms with Gasteiger partial charge in [0.05, 0.1) is 14.7 Å². The van der Waals surface area contributed by atoms with Crippen LogP contribution in [0.5, 0.6) is 0 Å². The van der Waals surface area contributed by atoms with Crippen molar-refractivity contribution in [1.82, 2.24) is 0 Å². The molecule has 0 saturated heterocycles. The van der Waals surface area contributed by atoms with Crippen LogP contribution in [0.4, 0.5) is 0 Å². The van der Waals surface area contributed by atoms with E-state index >= 15 is 0 Å². The van der Waals surface area contributed by atoms with Crippen molar-refractivity contribution < 1.29 is 25.3 Å². The van der Waals surface area contributed by atoms with Crippen molar-refractivity contribution in [2.24, 2.45) is 0 Å². The lowest BCUT2D eigenvalue weighted by Crippen LogP contribution is -2.26. The third-order valence-electron chi connectivity index (χ3n) is 4.39. The lowest BCUT2D eigenvalue weighted by atomic mass is 10.3. The molecule has 14 heteroatoms.